The summed E-state index contributed by atoms with van der Waals surface area (Å²) in [6, 6.07) is 3.77. The zero-order valence-electron chi connectivity index (χ0n) is 14.6. The number of carbonyl (C=O) groups is 2. The smallest absolute Gasteiger partial charge is 0.416 e. The zero-order chi connectivity index (χ0) is 20.2. The fourth-order valence-corrected chi connectivity index (χ4v) is 2.31. The third-order valence-electron chi connectivity index (χ3n) is 3.60. The number of halogens is 3. The molecule has 2 aromatic rings. The molecule has 0 bridgehead atoms. The van der Waals surface area contributed by atoms with Crippen LogP contribution in [0.1, 0.15) is 52.5 Å². The number of hydrogen-bond donors (Lipinski definition) is 2. The Balaban J connectivity index is 2.36. The van der Waals surface area contributed by atoms with Gasteiger partial charge < -0.3 is 19.6 Å². The summed E-state index contributed by atoms with van der Waals surface area (Å²) in [5.74, 6) is -2.29. The number of carbonyl (C=O) groups excluding carboxylic acids is 1. The lowest BCUT2D eigenvalue weighted by Gasteiger charge is -2.14. The molecule has 9 heteroatoms. The number of benzene rings is 1. The van der Waals surface area contributed by atoms with Gasteiger partial charge in [0.2, 0.25) is 0 Å². The number of ether oxygens (including phenoxy) is 1. The van der Waals surface area contributed by atoms with Crippen molar-refractivity contribution in [2.75, 3.05) is 11.9 Å². The average molecular weight is 385 g/mol. The molecule has 0 saturated heterocycles. The fourth-order valence-electron chi connectivity index (χ4n) is 2.31. The number of carboxylic acid groups (broad SMARTS) is 1. The van der Waals surface area contributed by atoms with Crippen LogP contribution < -0.4 is 10.1 Å². The van der Waals surface area contributed by atoms with Gasteiger partial charge >= 0.3 is 12.1 Å². The summed E-state index contributed by atoms with van der Waals surface area (Å²) in [5.41, 5.74) is -1.31. The van der Waals surface area contributed by atoms with Crippen LogP contribution in [0.25, 0.3) is 0 Å². The van der Waals surface area contributed by atoms with Crippen molar-refractivity contribution in [3.8, 4) is 5.75 Å². The van der Waals surface area contributed by atoms with Gasteiger partial charge in [0.05, 0.1) is 17.9 Å². The van der Waals surface area contributed by atoms with Gasteiger partial charge in [-0.1, -0.05) is 13.8 Å². The third-order valence-corrected chi connectivity index (χ3v) is 3.60. The molecule has 0 atom stereocenters. The summed E-state index contributed by atoms with van der Waals surface area (Å²) in [4.78, 5) is 23.5. The van der Waals surface area contributed by atoms with E-state index in [0.29, 0.717) is 6.42 Å². The molecule has 2 rings (SSSR count). The van der Waals surface area contributed by atoms with Gasteiger partial charge in [-0.05, 0) is 24.6 Å². The van der Waals surface area contributed by atoms with E-state index in [-0.39, 0.29) is 41.5 Å². The Bertz CT molecular complexity index is 842. The Labute approximate surface area is 152 Å². The summed E-state index contributed by atoms with van der Waals surface area (Å²) in [7, 11) is 0. The van der Waals surface area contributed by atoms with Gasteiger partial charge in [-0.25, -0.2) is 4.79 Å². The van der Waals surface area contributed by atoms with E-state index in [2.05, 4.69) is 5.32 Å². The first-order valence-electron chi connectivity index (χ1n) is 8.18. The predicted molar refractivity (Wildman–Crippen MR) is 90.2 cm³/mol. The molecule has 2 N–H and O–H groups in total. The number of rotatable bonds is 7. The first-order valence-corrected chi connectivity index (χ1v) is 8.18. The molecule has 0 unspecified atom stereocenters. The standard InChI is InChI=1S/C18H18F3NO5/c1-3-7-26-14-6-5-10(18(19,20)21)8-12(14)22-16(23)15-9-11(17(24)25)13(4-2)27-15/h5-6,8-9H,3-4,7H2,1-2H3,(H,22,23)(H,24,25). The maximum atomic E-state index is 13.0. The molecule has 146 valence electrons. The molecular formula is C18H18F3NO5. The Hall–Kier alpha value is -2.97. The molecule has 1 amide bonds. The summed E-state index contributed by atoms with van der Waals surface area (Å²) in [5, 5.41) is 11.4. The highest BCUT2D eigenvalue weighted by atomic mass is 19.4. The van der Waals surface area contributed by atoms with Crippen molar-refractivity contribution in [2.45, 2.75) is 32.9 Å². The van der Waals surface area contributed by atoms with Gasteiger partial charge in [0.15, 0.2) is 5.76 Å². The highest BCUT2D eigenvalue weighted by Crippen LogP contribution is 2.35. The van der Waals surface area contributed by atoms with Crippen molar-refractivity contribution >= 4 is 17.6 Å². The Kier molecular flexibility index (Phi) is 6.14. The quantitative estimate of drug-likeness (QED) is 0.727. The molecule has 1 aromatic heterocycles. The number of alkyl halides is 3. The predicted octanol–water partition coefficient (Wildman–Crippen LogP) is 4.60. The van der Waals surface area contributed by atoms with Crippen molar-refractivity contribution < 1.29 is 37.0 Å². The average Bonchev–Trinajstić information content (AvgIpc) is 3.04. The monoisotopic (exact) mass is 385 g/mol. The van der Waals surface area contributed by atoms with Gasteiger partial charge in [0.25, 0.3) is 5.91 Å². The second-order valence-corrected chi connectivity index (χ2v) is 5.62. The first kappa shape index (κ1) is 20.3. The molecule has 0 radical (unpaired) electrons. The summed E-state index contributed by atoms with van der Waals surface area (Å²) in [6.07, 6.45) is -3.74. The largest absolute Gasteiger partial charge is 0.491 e. The van der Waals surface area contributed by atoms with Crippen molar-refractivity contribution in [2.24, 2.45) is 0 Å². The topological polar surface area (TPSA) is 88.8 Å². The summed E-state index contributed by atoms with van der Waals surface area (Å²) >= 11 is 0. The van der Waals surface area contributed by atoms with Gasteiger partial charge in [-0.2, -0.15) is 13.2 Å². The van der Waals surface area contributed by atoms with Crippen molar-refractivity contribution in [3.63, 3.8) is 0 Å². The van der Waals surface area contributed by atoms with E-state index in [1.807, 2.05) is 6.92 Å². The fraction of sp³-hybridized carbons (Fsp3) is 0.333. The first-order chi connectivity index (χ1) is 12.7. The van der Waals surface area contributed by atoms with E-state index >= 15 is 0 Å². The molecule has 1 heterocycles. The molecule has 0 aliphatic carbocycles. The van der Waals surface area contributed by atoms with Crippen molar-refractivity contribution in [1.29, 1.82) is 0 Å². The van der Waals surface area contributed by atoms with Gasteiger partial charge in [0, 0.05) is 12.5 Å². The van der Waals surface area contributed by atoms with E-state index in [4.69, 9.17) is 14.3 Å². The van der Waals surface area contributed by atoms with Crippen LogP contribution in [0, 0.1) is 0 Å². The van der Waals surface area contributed by atoms with Crippen molar-refractivity contribution in [3.05, 3.63) is 46.9 Å². The van der Waals surface area contributed by atoms with Crippen LogP contribution in [0.2, 0.25) is 0 Å². The van der Waals surface area contributed by atoms with E-state index < -0.39 is 23.6 Å². The third kappa shape index (κ3) is 4.81. The van der Waals surface area contributed by atoms with Crippen LogP contribution in [0.15, 0.2) is 28.7 Å². The number of anilines is 1. The number of amides is 1. The molecule has 6 nitrogen and oxygen atoms in total. The van der Waals surface area contributed by atoms with Gasteiger partial charge in [0.1, 0.15) is 17.1 Å². The maximum absolute atomic E-state index is 13.0. The number of nitrogens with one attached hydrogen (secondary N) is 1. The van der Waals surface area contributed by atoms with E-state index in [1.165, 1.54) is 0 Å². The number of aromatic carboxylic acids is 1. The molecule has 0 saturated carbocycles. The molecule has 0 fully saturated rings. The highest BCUT2D eigenvalue weighted by Gasteiger charge is 2.31. The maximum Gasteiger partial charge on any atom is 0.416 e. The number of aryl methyl sites for hydroxylation is 1. The summed E-state index contributed by atoms with van der Waals surface area (Å²) < 4.78 is 49.5. The number of furan rings is 1. The lowest BCUT2D eigenvalue weighted by molar-refractivity contribution is -0.137. The Morgan fingerprint density at radius 1 is 1.22 bits per heavy atom. The van der Waals surface area contributed by atoms with Gasteiger partial charge in [-0.15, -0.1) is 0 Å². The molecule has 1 aromatic carbocycles. The molecule has 0 aliphatic rings. The second-order valence-electron chi connectivity index (χ2n) is 5.62. The van der Waals surface area contributed by atoms with Crippen LogP contribution in [-0.4, -0.2) is 23.6 Å². The minimum absolute atomic E-state index is 0.0685. The van der Waals surface area contributed by atoms with Crippen LogP contribution in [0.3, 0.4) is 0 Å². The number of hydrogen-bond acceptors (Lipinski definition) is 4. The Morgan fingerprint density at radius 3 is 2.44 bits per heavy atom. The highest BCUT2D eigenvalue weighted by molar-refractivity contribution is 6.04. The van der Waals surface area contributed by atoms with Crippen LogP contribution in [0.5, 0.6) is 5.75 Å². The van der Waals surface area contributed by atoms with Crippen LogP contribution >= 0.6 is 0 Å². The van der Waals surface area contributed by atoms with E-state index in [0.717, 1.165) is 24.3 Å². The molecule has 27 heavy (non-hydrogen) atoms. The molecule has 0 spiro atoms. The Morgan fingerprint density at radius 2 is 1.93 bits per heavy atom. The van der Waals surface area contributed by atoms with Crippen molar-refractivity contribution in [1.82, 2.24) is 0 Å². The normalized spacial score (nSPS) is 11.3. The van der Waals surface area contributed by atoms with E-state index in [1.54, 1.807) is 6.92 Å². The second kappa shape index (κ2) is 8.15. The number of carboxylic acids is 1. The van der Waals surface area contributed by atoms with Gasteiger partial charge in [-0.3, -0.25) is 4.79 Å². The summed E-state index contributed by atoms with van der Waals surface area (Å²) in [6.45, 7) is 3.72. The zero-order valence-corrected chi connectivity index (χ0v) is 14.6. The SMILES string of the molecule is CCCOc1ccc(C(F)(F)F)cc1NC(=O)c1cc(C(=O)O)c(CC)o1. The van der Waals surface area contributed by atoms with E-state index in [9.17, 15) is 22.8 Å². The van der Waals surface area contributed by atoms with Crippen LogP contribution in [0.4, 0.5) is 18.9 Å². The lowest BCUT2D eigenvalue weighted by Crippen LogP contribution is -2.14. The minimum Gasteiger partial charge on any atom is -0.491 e. The molecular weight excluding hydrogens is 367 g/mol. The minimum atomic E-state index is -4.60. The molecule has 0 aliphatic heterocycles. The van der Waals surface area contributed by atoms with Crippen LogP contribution in [-0.2, 0) is 12.6 Å². The lowest BCUT2D eigenvalue weighted by atomic mass is 10.1.